The van der Waals surface area contributed by atoms with E-state index in [0.29, 0.717) is 19.8 Å². The highest BCUT2D eigenvalue weighted by molar-refractivity contribution is 7.99. The molecular weight excluding hydrogens is 238 g/mol. The van der Waals surface area contributed by atoms with E-state index in [-0.39, 0.29) is 6.61 Å². The van der Waals surface area contributed by atoms with Crippen LogP contribution in [0, 0.1) is 0 Å². The van der Waals surface area contributed by atoms with E-state index in [1.807, 2.05) is 11.8 Å². The van der Waals surface area contributed by atoms with Gasteiger partial charge in [0.15, 0.2) is 5.96 Å². The number of thioether (sulfide) groups is 1. The minimum absolute atomic E-state index is 0.140. The van der Waals surface area contributed by atoms with Gasteiger partial charge in [-0.15, -0.1) is 0 Å². The number of guanidine groups is 1. The average Bonchev–Trinajstić information content (AvgIpc) is 2.39. The fourth-order valence-corrected chi connectivity index (χ4v) is 2.42. The van der Waals surface area contributed by atoms with Crippen LogP contribution >= 0.6 is 11.8 Å². The normalized spacial score (nSPS) is 17.3. The maximum Gasteiger partial charge on any atom is 0.195 e. The van der Waals surface area contributed by atoms with Gasteiger partial charge in [-0.1, -0.05) is 0 Å². The first-order valence-corrected chi connectivity index (χ1v) is 7.16. The lowest BCUT2D eigenvalue weighted by atomic mass is 10.5. The van der Waals surface area contributed by atoms with E-state index < -0.39 is 0 Å². The Labute approximate surface area is 107 Å². The molecule has 0 bridgehead atoms. The molecule has 1 rings (SSSR count). The zero-order valence-electron chi connectivity index (χ0n) is 10.2. The van der Waals surface area contributed by atoms with Gasteiger partial charge in [-0.3, -0.25) is 5.32 Å². The van der Waals surface area contributed by atoms with E-state index in [1.165, 1.54) is 0 Å². The first kappa shape index (κ1) is 14.6. The summed E-state index contributed by atoms with van der Waals surface area (Å²) in [4.78, 5) is 6.72. The van der Waals surface area contributed by atoms with Crippen LogP contribution in [0.2, 0.25) is 0 Å². The van der Waals surface area contributed by atoms with E-state index >= 15 is 0 Å². The Balaban J connectivity index is 2.39. The van der Waals surface area contributed by atoms with Crippen LogP contribution in [0.15, 0.2) is 4.99 Å². The SMILES string of the molecule is NCCNC(=NCNCCO)N1CCSCC1. The second-order valence-corrected chi connectivity index (χ2v) is 4.90. The van der Waals surface area contributed by atoms with Gasteiger partial charge in [-0.25, -0.2) is 4.99 Å². The molecule has 0 spiro atoms. The van der Waals surface area contributed by atoms with Crippen molar-refractivity contribution in [2.45, 2.75) is 0 Å². The molecule has 0 aromatic rings. The molecule has 1 aliphatic heterocycles. The zero-order chi connectivity index (χ0) is 12.3. The molecule has 1 saturated heterocycles. The fraction of sp³-hybridized carbons (Fsp3) is 0.900. The van der Waals surface area contributed by atoms with Crippen LogP contribution < -0.4 is 16.4 Å². The second-order valence-electron chi connectivity index (χ2n) is 3.68. The first-order valence-electron chi connectivity index (χ1n) is 6.01. The first-order chi connectivity index (χ1) is 8.38. The molecule has 0 aromatic carbocycles. The molecule has 0 atom stereocenters. The number of aliphatic hydroxyl groups is 1. The molecular formula is C10H23N5OS. The lowest BCUT2D eigenvalue weighted by Crippen LogP contribution is -2.47. The Morgan fingerprint density at radius 1 is 1.35 bits per heavy atom. The topological polar surface area (TPSA) is 85.9 Å². The van der Waals surface area contributed by atoms with Crippen LogP contribution in [0.25, 0.3) is 0 Å². The highest BCUT2D eigenvalue weighted by Crippen LogP contribution is 2.08. The van der Waals surface area contributed by atoms with E-state index in [0.717, 1.165) is 37.1 Å². The molecule has 1 heterocycles. The van der Waals surface area contributed by atoms with Crippen molar-refractivity contribution >= 4 is 17.7 Å². The van der Waals surface area contributed by atoms with Crippen molar-refractivity contribution in [2.24, 2.45) is 10.7 Å². The van der Waals surface area contributed by atoms with Gasteiger partial charge in [-0.2, -0.15) is 11.8 Å². The second kappa shape index (κ2) is 9.52. The summed E-state index contributed by atoms with van der Waals surface area (Å²) in [6.07, 6.45) is 0. The van der Waals surface area contributed by atoms with Crippen LogP contribution in [0.4, 0.5) is 0 Å². The summed E-state index contributed by atoms with van der Waals surface area (Å²) in [7, 11) is 0. The van der Waals surface area contributed by atoms with E-state index in [1.54, 1.807) is 0 Å². The van der Waals surface area contributed by atoms with Crippen molar-refractivity contribution in [3.8, 4) is 0 Å². The molecule has 0 radical (unpaired) electrons. The lowest BCUT2D eigenvalue weighted by Gasteiger charge is -2.29. The number of aliphatic imine (C=N–C) groups is 1. The molecule has 0 unspecified atom stereocenters. The van der Waals surface area contributed by atoms with Crippen LogP contribution in [0.3, 0.4) is 0 Å². The summed E-state index contributed by atoms with van der Waals surface area (Å²) in [5.74, 6) is 3.21. The van der Waals surface area contributed by atoms with Crippen molar-refractivity contribution in [1.29, 1.82) is 0 Å². The van der Waals surface area contributed by atoms with Gasteiger partial charge in [-0.05, 0) is 0 Å². The molecule has 6 nitrogen and oxygen atoms in total. The number of nitrogens with zero attached hydrogens (tertiary/aromatic N) is 2. The molecule has 0 aromatic heterocycles. The molecule has 17 heavy (non-hydrogen) atoms. The Morgan fingerprint density at radius 3 is 2.76 bits per heavy atom. The summed E-state index contributed by atoms with van der Waals surface area (Å²) < 4.78 is 0. The third-order valence-electron chi connectivity index (χ3n) is 2.37. The van der Waals surface area contributed by atoms with Crippen molar-refractivity contribution in [2.75, 3.05) is 57.5 Å². The Kier molecular flexibility index (Phi) is 8.16. The van der Waals surface area contributed by atoms with Crippen molar-refractivity contribution in [1.82, 2.24) is 15.5 Å². The minimum atomic E-state index is 0.140. The largest absolute Gasteiger partial charge is 0.395 e. The predicted molar refractivity (Wildman–Crippen MR) is 73.3 cm³/mol. The van der Waals surface area contributed by atoms with E-state index in [2.05, 4.69) is 20.5 Å². The number of nitrogens with two attached hydrogens (primary N) is 1. The monoisotopic (exact) mass is 261 g/mol. The van der Waals surface area contributed by atoms with Crippen LogP contribution in [-0.2, 0) is 0 Å². The van der Waals surface area contributed by atoms with E-state index in [9.17, 15) is 0 Å². The molecule has 100 valence electrons. The van der Waals surface area contributed by atoms with Gasteiger partial charge in [0.05, 0.1) is 13.3 Å². The smallest absolute Gasteiger partial charge is 0.195 e. The Morgan fingerprint density at radius 2 is 2.12 bits per heavy atom. The van der Waals surface area contributed by atoms with Gasteiger partial charge in [0.1, 0.15) is 0 Å². The van der Waals surface area contributed by atoms with Gasteiger partial charge in [0.2, 0.25) is 0 Å². The summed E-state index contributed by atoms with van der Waals surface area (Å²) in [5.41, 5.74) is 5.49. The molecule has 7 heteroatoms. The van der Waals surface area contributed by atoms with Crippen LogP contribution in [-0.4, -0.2) is 73.5 Å². The molecule has 0 saturated carbocycles. The molecule has 1 aliphatic rings. The molecule has 0 aliphatic carbocycles. The van der Waals surface area contributed by atoms with Gasteiger partial charge < -0.3 is 21.1 Å². The number of hydrogen-bond donors (Lipinski definition) is 4. The third kappa shape index (κ3) is 6.11. The maximum atomic E-state index is 8.67. The predicted octanol–water partition coefficient (Wildman–Crippen LogP) is -1.52. The average molecular weight is 261 g/mol. The van der Waals surface area contributed by atoms with Crippen LogP contribution in [0.5, 0.6) is 0 Å². The standard InChI is InChI=1S/C10H23N5OS/c11-1-2-13-10(14-9-12-3-6-16)15-4-7-17-8-5-15/h12,16H,1-9,11H2,(H,13,14). The van der Waals surface area contributed by atoms with Crippen molar-refractivity contribution in [3.05, 3.63) is 0 Å². The van der Waals surface area contributed by atoms with Gasteiger partial charge >= 0.3 is 0 Å². The summed E-state index contributed by atoms with van der Waals surface area (Å²) in [5, 5.41) is 15.0. The number of hydrogen-bond acceptors (Lipinski definition) is 5. The fourth-order valence-electron chi connectivity index (χ4n) is 1.52. The highest BCUT2D eigenvalue weighted by atomic mass is 32.2. The molecule has 0 amide bonds. The number of rotatable bonds is 6. The number of aliphatic hydroxyl groups excluding tert-OH is 1. The summed E-state index contributed by atoms with van der Waals surface area (Å²) in [6.45, 7) is 4.64. The maximum absolute atomic E-state index is 8.67. The van der Waals surface area contributed by atoms with Crippen molar-refractivity contribution < 1.29 is 5.11 Å². The van der Waals surface area contributed by atoms with Crippen molar-refractivity contribution in [3.63, 3.8) is 0 Å². The van der Waals surface area contributed by atoms with Gasteiger partial charge in [0.25, 0.3) is 0 Å². The van der Waals surface area contributed by atoms with Crippen LogP contribution in [0.1, 0.15) is 0 Å². The quantitative estimate of drug-likeness (QED) is 0.264. The third-order valence-corrected chi connectivity index (χ3v) is 3.31. The Bertz CT molecular complexity index is 221. The summed E-state index contributed by atoms with van der Waals surface area (Å²) >= 11 is 1.97. The summed E-state index contributed by atoms with van der Waals surface area (Å²) in [6, 6.07) is 0. The highest BCUT2D eigenvalue weighted by Gasteiger charge is 2.14. The van der Waals surface area contributed by atoms with Gasteiger partial charge in [0, 0.05) is 44.2 Å². The molecule has 5 N–H and O–H groups in total. The molecule has 1 fully saturated rings. The number of nitrogens with one attached hydrogen (secondary N) is 2. The minimum Gasteiger partial charge on any atom is -0.395 e. The lowest BCUT2D eigenvalue weighted by molar-refractivity contribution is 0.293. The zero-order valence-corrected chi connectivity index (χ0v) is 11.0. The van der Waals surface area contributed by atoms with E-state index in [4.69, 9.17) is 10.8 Å². The Hall–Kier alpha value is -0.500.